The Bertz CT molecular complexity index is 593. The van der Waals surface area contributed by atoms with Crippen LogP contribution in [0.15, 0.2) is 12.3 Å². The molecule has 0 amide bonds. The molecule has 2 heterocycles. The maximum absolute atomic E-state index is 12.1. The Morgan fingerprint density at radius 2 is 2.05 bits per heavy atom. The summed E-state index contributed by atoms with van der Waals surface area (Å²) in [7, 11) is 0. The highest BCUT2D eigenvalue weighted by Gasteiger charge is 2.50. The second-order valence-corrected chi connectivity index (χ2v) is 7.10. The van der Waals surface area contributed by atoms with Gasteiger partial charge < -0.3 is 4.74 Å². The number of nitrogens with zero attached hydrogens (tertiary/aromatic N) is 1. The molecule has 1 aromatic rings. The molecule has 0 saturated heterocycles. The molecule has 0 radical (unpaired) electrons. The van der Waals surface area contributed by atoms with Gasteiger partial charge in [-0.25, -0.2) is 9.78 Å². The first kappa shape index (κ1) is 11.3. The van der Waals surface area contributed by atoms with E-state index in [-0.39, 0.29) is 12.1 Å². The zero-order chi connectivity index (χ0) is 13.3. The quantitative estimate of drug-likeness (QED) is 0.770. The van der Waals surface area contributed by atoms with Crippen LogP contribution in [0.2, 0.25) is 0 Å². The summed E-state index contributed by atoms with van der Waals surface area (Å²) in [5.74, 6) is 2.68. The van der Waals surface area contributed by atoms with Gasteiger partial charge in [-0.05, 0) is 61.5 Å². The van der Waals surface area contributed by atoms with E-state index < -0.39 is 0 Å². The van der Waals surface area contributed by atoms with Gasteiger partial charge in [0, 0.05) is 17.7 Å². The first-order chi connectivity index (χ1) is 9.81. The lowest BCUT2D eigenvalue weighted by atomic mass is 9.81. The number of esters is 1. The summed E-state index contributed by atoms with van der Waals surface area (Å²) in [5, 5.41) is 0. The third-order valence-corrected chi connectivity index (χ3v) is 5.93. The van der Waals surface area contributed by atoms with Crippen molar-refractivity contribution in [2.24, 2.45) is 17.8 Å². The van der Waals surface area contributed by atoms with Crippen LogP contribution in [-0.2, 0) is 4.74 Å². The van der Waals surface area contributed by atoms with Crippen molar-refractivity contribution in [2.75, 3.05) is 0 Å². The number of cyclic esters (lactones) is 1. The van der Waals surface area contributed by atoms with Crippen LogP contribution in [0.3, 0.4) is 0 Å². The molecule has 0 aromatic carbocycles. The first-order valence-corrected chi connectivity index (χ1v) is 8.01. The van der Waals surface area contributed by atoms with Gasteiger partial charge in [-0.3, -0.25) is 0 Å². The smallest absolute Gasteiger partial charge is 0.357 e. The summed E-state index contributed by atoms with van der Waals surface area (Å²) >= 11 is 0. The zero-order valence-electron chi connectivity index (χ0n) is 11.5. The lowest BCUT2D eigenvalue weighted by Crippen LogP contribution is -2.20. The number of aromatic nitrogens is 1. The molecular weight excluding hydrogens is 250 g/mol. The minimum absolute atomic E-state index is 0.0112. The minimum Gasteiger partial charge on any atom is -0.452 e. The maximum Gasteiger partial charge on any atom is 0.357 e. The molecule has 3 nitrogen and oxygen atoms in total. The molecule has 0 spiro atoms. The van der Waals surface area contributed by atoms with E-state index in [9.17, 15) is 4.79 Å². The molecule has 4 atom stereocenters. The van der Waals surface area contributed by atoms with Gasteiger partial charge in [0.15, 0.2) is 5.69 Å². The molecule has 2 bridgehead atoms. The summed E-state index contributed by atoms with van der Waals surface area (Å²) in [6.07, 6.45) is 9.64. The molecule has 3 aliphatic carbocycles. The Balaban J connectivity index is 1.59. The standard InChI is InChI=1S/C17H19NO2/c19-17-15-14(12(5-6-18-15)10-3-4-10)16(20-17)13-8-9-1-2-11(13)7-9/h5-6,9-11,13,16H,1-4,7-8H2. The van der Waals surface area contributed by atoms with E-state index in [1.807, 2.05) is 0 Å². The van der Waals surface area contributed by atoms with E-state index in [4.69, 9.17) is 4.74 Å². The monoisotopic (exact) mass is 269 g/mol. The SMILES string of the molecule is O=C1OC(C2CC3CCC2C3)c2c(C3CC3)ccnc21. The van der Waals surface area contributed by atoms with Crippen molar-refractivity contribution < 1.29 is 9.53 Å². The average molecular weight is 269 g/mol. The van der Waals surface area contributed by atoms with Gasteiger partial charge >= 0.3 is 5.97 Å². The Morgan fingerprint density at radius 1 is 1.15 bits per heavy atom. The fourth-order valence-electron chi connectivity index (χ4n) is 4.90. The predicted molar refractivity (Wildman–Crippen MR) is 73.3 cm³/mol. The number of carbonyl (C=O) groups excluding carboxylic acids is 1. The number of hydrogen-bond acceptors (Lipinski definition) is 3. The summed E-state index contributed by atoms with van der Waals surface area (Å²) < 4.78 is 5.79. The minimum atomic E-state index is -0.185. The van der Waals surface area contributed by atoms with Gasteiger partial charge in [-0.1, -0.05) is 6.42 Å². The molecule has 0 N–H and O–H groups in total. The van der Waals surface area contributed by atoms with Crippen LogP contribution >= 0.6 is 0 Å². The fourth-order valence-corrected chi connectivity index (χ4v) is 4.90. The second-order valence-electron chi connectivity index (χ2n) is 7.10. The van der Waals surface area contributed by atoms with Gasteiger partial charge in [0.2, 0.25) is 0 Å². The highest BCUT2D eigenvalue weighted by atomic mass is 16.5. The predicted octanol–water partition coefficient (Wildman–Crippen LogP) is 3.61. The number of hydrogen-bond donors (Lipinski definition) is 0. The zero-order valence-corrected chi connectivity index (χ0v) is 11.5. The summed E-state index contributed by atoms with van der Waals surface area (Å²) in [5.41, 5.74) is 3.13. The van der Waals surface area contributed by atoms with Crippen molar-refractivity contribution in [2.45, 2.75) is 50.5 Å². The first-order valence-electron chi connectivity index (χ1n) is 8.01. The molecular formula is C17H19NO2. The van der Waals surface area contributed by atoms with Crippen molar-refractivity contribution in [3.63, 3.8) is 0 Å². The van der Waals surface area contributed by atoms with E-state index >= 15 is 0 Å². The molecule has 4 unspecified atom stereocenters. The number of rotatable bonds is 2. The van der Waals surface area contributed by atoms with E-state index in [0.717, 1.165) is 17.4 Å². The van der Waals surface area contributed by atoms with Gasteiger partial charge in [0.05, 0.1) is 0 Å². The normalized spacial score (nSPS) is 38.1. The van der Waals surface area contributed by atoms with Crippen LogP contribution in [0, 0.1) is 17.8 Å². The third kappa shape index (κ3) is 1.46. The lowest BCUT2D eigenvalue weighted by Gasteiger charge is -2.27. The molecule has 1 aromatic heterocycles. The number of carbonyl (C=O) groups is 1. The van der Waals surface area contributed by atoms with Gasteiger partial charge in [0.1, 0.15) is 6.10 Å². The lowest BCUT2D eigenvalue weighted by molar-refractivity contribution is 0.0139. The third-order valence-electron chi connectivity index (χ3n) is 5.93. The molecule has 104 valence electrons. The van der Waals surface area contributed by atoms with E-state index in [1.165, 1.54) is 44.1 Å². The van der Waals surface area contributed by atoms with Crippen LogP contribution in [0.25, 0.3) is 0 Å². The van der Waals surface area contributed by atoms with Gasteiger partial charge in [0.25, 0.3) is 0 Å². The molecule has 3 saturated carbocycles. The molecule has 20 heavy (non-hydrogen) atoms. The van der Waals surface area contributed by atoms with Crippen LogP contribution in [0.4, 0.5) is 0 Å². The largest absolute Gasteiger partial charge is 0.452 e. The van der Waals surface area contributed by atoms with Crippen LogP contribution < -0.4 is 0 Å². The molecule has 5 rings (SSSR count). The Kier molecular flexibility index (Phi) is 2.17. The van der Waals surface area contributed by atoms with Crippen LogP contribution in [0.1, 0.15) is 72.2 Å². The van der Waals surface area contributed by atoms with E-state index in [0.29, 0.717) is 17.5 Å². The number of ether oxygens (including phenoxy) is 1. The van der Waals surface area contributed by atoms with Gasteiger partial charge in [-0.2, -0.15) is 0 Å². The van der Waals surface area contributed by atoms with Crippen molar-refractivity contribution in [3.8, 4) is 0 Å². The molecule has 3 fully saturated rings. The van der Waals surface area contributed by atoms with Gasteiger partial charge in [-0.15, -0.1) is 0 Å². The summed E-state index contributed by atoms with van der Waals surface area (Å²) in [6.45, 7) is 0. The highest BCUT2D eigenvalue weighted by Crippen LogP contribution is 2.57. The van der Waals surface area contributed by atoms with Crippen molar-refractivity contribution in [3.05, 3.63) is 29.1 Å². The van der Waals surface area contributed by atoms with Crippen molar-refractivity contribution >= 4 is 5.97 Å². The number of fused-ring (bicyclic) bond motifs is 3. The fraction of sp³-hybridized carbons (Fsp3) is 0.647. The Hall–Kier alpha value is -1.38. The number of pyridine rings is 1. The highest BCUT2D eigenvalue weighted by molar-refractivity contribution is 5.92. The van der Waals surface area contributed by atoms with E-state index in [1.54, 1.807) is 6.20 Å². The maximum atomic E-state index is 12.1. The Morgan fingerprint density at radius 3 is 2.75 bits per heavy atom. The molecule has 1 aliphatic heterocycles. The summed E-state index contributed by atoms with van der Waals surface area (Å²) in [6, 6.07) is 2.12. The molecule has 4 aliphatic rings. The van der Waals surface area contributed by atoms with Crippen molar-refractivity contribution in [1.82, 2.24) is 4.98 Å². The summed E-state index contributed by atoms with van der Waals surface area (Å²) in [4.78, 5) is 16.5. The topological polar surface area (TPSA) is 39.2 Å². The van der Waals surface area contributed by atoms with Crippen molar-refractivity contribution in [1.29, 1.82) is 0 Å². The van der Waals surface area contributed by atoms with E-state index in [2.05, 4.69) is 11.1 Å². The second kappa shape index (κ2) is 3.84. The average Bonchev–Trinajstić information content (AvgIpc) is 2.95. The Labute approximate surface area is 118 Å². The van der Waals surface area contributed by atoms with Crippen LogP contribution in [0.5, 0.6) is 0 Å². The molecule has 3 heteroatoms. The van der Waals surface area contributed by atoms with Crippen LogP contribution in [-0.4, -0.2) is 11.0 Å².